The number of anilines is 1. The number of aryl methyl sites for hydroxylation is 1. The summed E-state index contributed by atoms with van der Waals surface area (Å²) >= 11 is 8.23. The molecule has 1 fully saturated rings. The average molecular weight is 365 g/mol. The van der Waals surface area contributed by atoms with Gasteiger partial charge in [0.15, 0.2) is 0 Å². The Hall–Kier alpha value is -1.11. The highest BCUT2D eigenvalue weighted by Gasteiger charge is 2.35. The second-order valence-electron chi connectivity index (χ2n) is 7.27. The minimum absolute atomic E-state index is 0.153. The highest BCUT2D eigenvalue weighted by Crippen LogP contribution is 2.50. The summed E-state index contributed by atoms with van der Waals surface area (Å²) in [6.07, 6.45) is 1.83. The Labute approximate surface area is 151 Å². The number of rotatable bonds is 1. The van der Waals surface area contributed by atoms with Crippen molar-refractivity contribution in [2.75, 3.05) is 31.2 Å². The van der Waals surface area contributed by atoms with Gasteiger partial charge in [-0.25, -0.2) is 15.0 Å². The van der Waals surface area contributed by atoms with Crippen LogP contribution in [0.15, 0.2) is 20.0 Å². The SMILES string of the molecule is Cc1nc(N2CCOCC2)nc2c1N=C1CC(C)(C)CC(Cl)=C1S2. The lowest BCUT2D eigenvalue weighted by atomic mass is 9.80. The van der Waals surface area contributed by atoms with E-state index in [2.05, 4.69) is 18.7 Å². The fraction of sp³-hybridized carbons (Fsp3) is 0.588. The molecule has 3 heterocycles. The summed E-state index contributed by atoms with van der Waals surface area (Å²) < 4.78 is 5.42. The Kier molecular flexibility index (Phi) is 4.09. The molecule has 0 N–H and O–H groups in total. The van der Waals surface area contributed by atoms with Crippen molar-refractivity contribution in [3.63, 3.8) is 0 Å². The van der Waals surface area contributed by atoms with Gasteiger partial charge in [-0.3, -0.25) is 0 Å². The first-order chi connectivity index (χ1) is 11.4. The van der Waals surface area contributed by atoms with Crippen LogP contribution in [0.25, 0.3) is 0 Å². The van der Waals surface area contributed by atoms with Crippen LogP contribution in [-0.2, 0) is 4.74 Å². The van der Waals surface area contributed by atoms with Crippen LogP contribution in [0.4, 0.5) is 11.6 Å². The summed E-state index contributed by atoms with van der Waals surface area (Å²) in [5, 5.41) is 1.82. The lowest BCUT2D eigenvalue weighted by molar-refractivity contribution is 0.122. The van der Waals surface area contributed by atoms with Crippen molar-refractivity contribution < 1.29 is 4.74 Å². The monoisotopic (exact) mass is 364 g/mol. The van der Waals surface area contributed by atoms with Gasteiger partial charge < -0.3 is 9.64 Å². The molecule has 0 atom stereocenters. The summed E-state index contributed by atoms with van der Waals surface area (Å²) in [7, 11) is 0. The zero-order valence-electron chi connectivity index (χ0n) is 14.2. The predicted octanol–water partition coefficient (Wildman–Crippen LogP) is 4.07. The van der Waals surface area contributed by atoms with Gasteiger partial charge in [0.25, 0.3) is 0 Å². The van der Waals surface area contributed by atoms with Gasteiger partial charge in [0.05, 0.1) is 24.6 Å². The summed E-state index contributed by atoms with van der Waals surface area (Å²) in [6.45, 7) is 9.59. The van der Waals surface area contributed by atoms with E-state index >= 15 is 0 Å². The molecule has 0 unspecified atom stereocenters. The molecule has 4 rings (SSSR count). The lowest BCUT2D eigenvalue weighted by Crippen LogP contribution is -2.37. The van der Waals surface area contributed by atoms with Gasteiger partial charge in [-0.1, -0.05) is 37.2 Å². The maximum Gasteiger partial charge on any atom is 0.226 e. The molecule has 1 saturated heterocycles. The Balaban J connectivity index is 1.75. The first-order valence-electron chi connectivity index (χ1n) is 8.29. The van der Waals surface area contributed by atoms with Gasteiger partial charge in [-0.2, -0.15) is 0 Å². The van der Waals surface area contributed by atoms with Crippen molar-refractivity contribution in [1.29, 1.82) is 0 Å². The van der Waals surface area contributed by atoms with E-state index in [-0.39, 0.29) is 5.41 Å². The molecule has 5 nitrogen and oxygen atoms in total. The average Bonchev–Trinajstić information content (AvgIpc) is 2.54. The molecule has 3 aliphatic rings. The van der Waals surface area contributed by atoms with E-state index in [1.807, 2.05) is 6.92 Å². The van der Waals surface area contributed by atoms with Crippen LogP contribution < -0.4 is 4.90 Å². The van der Waals surface area contributed by atoms with Crippen molar-refractivity contribution >= 4 is 40.7 Å². The zero-order chi connectivity index (χ0) is 16.9. The van der Waals surface area contributed by atoms with E-state index in [0.717, 1.165) is 77.1 Å². The van der Waals surface area contributed by atoms with Crippen molar-refractivity contribution in [2.24, 2.45) is 10.4 Å². The molecule has 0 radical (unpaired) electrons. The van der Waals surface area contributed by atoms with E-state index in [9.17, 15) is 0 Å². The second kappa shape index (κ2) is 6.00. The number of thioether (sulfide) groups is 1. The first kappa shape index (κ1) is 16.4. The predicted molar refractivity (Wildman–Crippen MR) is 98.6 cm³/mol. The Bertz CT molecular complexity index is 753. The third-order valence-corrected chi connectivity index (χ3v) is 6.14. The zero-order valence-corrected chi connectivity index (χ0v) is 15.8. The second-order valence-corrected chi connectivity index (χ2v) is 8.73. The van der Waals surface area contributed by atoms with Crippen molar-refractivity contribution in [3.8, 4) is 0 Å². The Morgan fingerprint density at radius 3 is 2.67 bits per heavy atom. The quantitative estimate of drug-likeness (QED) is 0.703. The molecule has 0 aromatic carbocycles. The summed E-state index contributed by atoms with van der Waals surface area (Å²) in [6, 6.07) is 0. The number of ether oxygens (including phenoxy) is 1. The molecule has 0 spiro atoms. The minimum Gasteiger partial charge on any atom is -0.378 e. The molecule has 1 aromatic heterocycles. The van der Waals surface area contributed by atoms with Crippen LogP contribution in [0.5, 0.6) is 0 Å². The van der Waals surface area contributed by atoms with Crippen LogP contribution >= 0.6 is 23.4 Å². The van der Waals surface area contributed by atoms with Crippen LogP contribution in [0.1, 0.15) is 32.4 Å². The van der Waals surface area contributed by atoms with Gasteiger partial charge >= 0.3 is 0 Å². The first-order valence-corrected chi connectivity index (χ1v) is 9.48. The van der Waals surface area contributed by atoms with E-state index in [1.54, 1.807) is 11.8 Å². The van der Waals surface area contributed by atoms with Crippen LogP contribution in [-0.4, -0.2) is 42.0 Å². The smallest absolute Gasteiger partial charge is 0.226 e. The fourth-order valence-corrected chi connectivity index (χ4v) is 4.94. The number of halogens is 1. The number of hydrogen-bond acceptors (Lipinski definition) is 6. The van der Waals surface area contributed by atoms with Gasteiger partial charge in [0.2, 0.25) is 5.95 Å². The molecular formula is C17H21ClN4OS. The molecule has 7 heteroatoms. The van der Waals surface area contributed by atoms with E-state index < -0.39 is 0 Å². The molecule has 1 aromatic rings. The maximum atomic E-state index is 6.58. The molecule has 0 saturated carbocycles. The number of aliphatic imine (C=N–C) groups is 1. The summed E-state index contributed by atoms with van der Waals surface area (Å²) in [5.74, 6) is 0.772. The van der Waals surface area contributed by atoms with Crippen molar-refractivity contribution in [1.82, 2.24) is 9.97 Å². The fourth-order valence-electron chi connectivity index (χ4n) is 3.32. The minimum atomic E-state index is 0.153. The molecule has 0 bridgehead atoms. The Morgan fingerprint density at radius 2 is 1.92 bits per heavy atom. The third-order valence-electron chi connectivity index (χ3n) is 4.54. The largest absolute Gasteiger partial charge is 0.378 e. The number of morpholine rings is 1. The molecule has 128 valence electrons. The molecule has 0 amide bonds. The number of allylic oxidation sites excluding steroid dienone is 2. The molecular weight excluding hydrogens is 344 g/mol. The highest BCUT2D eigenvalue weighted by molar-refractivity contribution is 8.04. The number of aromatic nitrogens is 2. The lowest BCUT2D eigenvalue weighted by Gasteiger charge is -2.34. The van der Waals surface area contributed by atoms with Crippen molar-refractivity contribution in [2.45, 2.75) is 38.6 Å². The Morgan fingerprint density at radius 1 is 1.17 bits per heavy atom. The number of fused-ring (bicyclic) bond motifs is 2. The van der Waals surface area contributed by atoms with Gasteiger partial charge in [0.1, 0.15) is 10.7 Å². The van der Waals surface area contributed by atoms with Crippen LogP contribution in [0.3, 0.4) is 0 Å². The topological polar surface area (TPSA) is 50.6 Å². The van der Waals surface area contributed by atoms with E-state index in [0.29, 0.717) is 0 Å². The van der Waals surface area contributed by atoms with Gasteiger partial charge in [-0.15, -0.1) is 0 Å². The standard InChI is InChI=1S/C17H21ClN4OS/c1-10-13-15(21-16(19-10)22-4-6-23-7-5-22)24-14-11(18)8-17(2,3)9-12(14)20-13/h4-9H2,1-3H3. The van der Waals surface area contributed by atoms with Gasteiger partial charge in [0, 0.05) is 23.0 Å². The summed E-state index contributed by atoms with van der Waals surface area (Å²) in [4.78, 5) is 17.6. The highest BCUT2D eigenvalue weighted by atomic mass is 35.5. The van der Waals surface area contributed by atoms with E-state index in [1.165, 1.54) is 0 Å². The molecule has 1 aliphatic carbocycles. The molecule has 2 aliphatic heterocycles. The summed E-state index contributed by atoms with van der Waals surface area (Å²) in [5.41, 5.74) is 3.07. The number of nitrogens with zero attached hydrogens (tertiary/aromatic N) is 4. The molecule has 24 heavy (non-hydrogen) atoms. The number of hydrogen-bond donors (Lipinski definition) is 0. The van der Waals surface area contributed by atoms with Crippen molar-refractivity contribution in [3.05, 3.63) is 15.6 Å². The van der Waals surface area contributed by atoms with Crippen LogP contribution in [0.2, 0.25) is 0 Å². The van der Waals surface area contributed by atoms with Gasteiger partial charge in [-0.05, 0) is 25.2 Å². The normalized spacial score (nSPS) is 22.8. The maximum absolute atomic E-state index is 6.58. The third kappa shape index (κ3) is 2.95. The van der Waals surface area contributed by atoms with Crippen LogP contribution in [0, 0.1) is 12.3 Å². The van der Waals surface area contributed by atoms with E-state index in [4.69, 9.17) is 31.3 Å².